The Hall–Kier alpha value is -0.776. The van der Waals surface area contributed by atoms with Crippen molar-refractivity contribution in [1.82, 2.24) is 4.90 Å². The summed E-state index contributed by atoms with van der Waals surface area (Å²) in [4.78, 5) is 1.03. The smallest absolute Gasteiger partial charge is 0.256 e. The fourth-order valence-electron chi connectivity index (χ4n) is 1.85. The van der Waals surface area contributed by atoms with Crippen LogP contribution < -0.4 is 0 Å². The van der Waals surface area contributed by atoms with Crippen LogP contribution in [-0.2, 0) is 32.7 Å². The quantitative estimate of drug-likeness (QED) is 0.793. The summed E-state index contributed by atoms with van der Waals surface area (Å²) >= 11 is 5.82. The van der Waals surface area contributed by atoms with Crippen LogP contribution in [0.3, 0.4) is 0 Å². The van der Waals surface area contributed by atoms with Crippen molar-refractivity contribution in [2.45, 2.75) is 6.43 Å². The number of hydrogen-bond donors (Lipinski definition) is 1. The van der Waals surface area contributed by atoms with E-state index in [0.29, 0.717) is 0 Å². The van der Waals surface area contributed by atoms with Gasteiger partial charge in [0.15, 0.2) is 0 Å². The van der Waals surface area contributed by atoms with E-state index in [4.69, 9.17) is 11.6 Å². The van der Waals surface area contributed by atoms with Crippen LogP contribution in [0.25, 0.3) is 5.70 Å². The predicted molar refractivity (Wildman–Crippen MR) is 70.5 cm³/mol. The molecule has 0 atom stereocenters. The molecule has 0 fully saturated rings. The summed E-state index contributed by atoms with van der Waals surface area (Å²) in [6, 6.07) is 3.69. The van der Waals surface area contributed by atoms with Crippen molar-refractivity contribution in [3.63, 3.8) is 0 Å². The molecule has 21 heavy (non-hydrogen) atoms. The molecule has 1 aliphatic rings. The van der Waals surface area contributed by atoms with Crippen molar-refractivity contribution < 1.29 is 51.0 Å². The van der Waals surface area contributed by atoms with Gasteiger partial charge < -0.3 is 10.0 Å². The molecule has 0 unspecified atom stereocenters. The third-order valence-electron chi connectivity index (χ3n) is 2.76. The van der Waals surface area contributed by atoms with Gasteiger partial charge in [-0.1, -0.05) is 18.3 Å². The molecule has 109 valence electrons. The molecule has 0 saturated carbocycles. The van der Waals surface area contributed by atoms with Crippen LogP contribution in [-0.4, -0.2) is 23.0 Å². The molecule has 1 aliphatic heterocycles. The monoisotopic (exact) mass is 389 g/mol. The van der Waals surface area contributed by atoms with Gasteiger partial charge in [-0.05, 0) is 28.4 Å². The summed E-state index contributed by atoms with van der Waals surface area (Å²) in [5.41, 5.74) is -0.145. The fourth-order valence-corrected chi connectivity index (χ4v) is 2.01. The average molecular weight is 390 g/mol. The molecule has 1 aromatic carbocycles. The van der Waals surface area contributed by atoms with E-state index in [2.05, 4.69) is 12.7 Å². The van der Waals surface area contributed by atoms with Gasteiger partial charge in [0, 0.05) is 32.7 Å². The van der Waals surface area contributed by atoms with E-state index in [1.807, 2.05) is 0 Å². The Morgan fingerprint density at radius 2 is 2.05 bits per heavy atom. The Kier molecular flexibility index (Phi) is 6.50. The van der Waals surface area contributed by atoms with Gasteiger partial charge in [-0.15, -0.1) is 0 Å². The number of benzene rings is 1. The summed E-state index contributed by atoms with van der Waals surface area (Å²) in [6.07, 6.45) is 1.23. The van der Waals surface area contributed by atoms with Gasteiger partial charge in [-0.2, -0.15) is 23.8 Å². The third-order valence-corrected chi connectivity index (χ3v) is 3.08. The predicted octanol–water partition coefficient (Wildman–Crippen LogP) is 3.89. The van der Waals surface area contributed by atoms with Gasteiger partial charge in [-0.3, -0.25) is 0 Å². The topological polar surface area (TPSA) is 23.5 Å². The molecule has 7 heteroatoms. The zero-order valence-electron chi connectivity index (χ0n) is 10.8. The van der Waals surface area contributed by atoms with Gasteiger partial charge in [0.25, 0.3) is 6.43 Å². The minimum Gasteiger partial charge on any atom is -0.520 e. The van der Waals surface area contributed by atoms with Crippen molar-refractivity contribution in [1.29, 1.82) is 0 Å². The average Bonchev–Trinajstić information content (AvgIpc) is 2.37. The third kappa shape index (κ3) is 3.90. The maximum atomic E-state index is 13.9. The molecule has 1 heterocycles. The van der Waals surface area contributed by atoms with Crippen molar-refractivity contribution in [3.05, 3.63) is 59.0 Å². The molecule has 0 saturated heterocycles. The molecule has 0 bridgehead atoms. The molecule has 1 aromatic rings. The number of hydrogen-bond acceptors (Lipinski definition) is 2. The van der Waals surface area contributed by atoms with Crippen LogP contribution in [0.15, 0.2) is 41.6 Å². The standard InChI is InChI=1S/C14H10ClF3NO.Y/c1-8-9(15)5-6-11(19(8)7-13(17)18)14-10(16)3-2-4-12(14)20;/h2-5,13,20H,1,7H2;/q-1;. The molecule has 1 radical (unpaired) electrons. The van der Waals surface area contributed by atoms with E-state index >= 15 is 0 Å². The second-order valence-corrected chi connectivity index (χ2v) is 4.47. The SMILES string of the molecule is C=C1C(Cl)=C[C-]=C(c2c(O)cccc2F)N1CC(F)F.[Y]. The number of aromatic hydroxyl groups is 1. The second kappa shape index (κ2) is 7.48. The van der Waals surface area contributed by atoms with E-state index in [1.165, 1.54) is 18.2 Å². The molecule has 0 aliphatic carbocycles. The molecule has 1 N–H and O–H groups in total. The van der Waals surface area contributed by atoms with Crippen molar-refractivity contribution in [2.24, 2.45) is 0 Å². The Labute approximate surface area is 150 Å². The van der Waals surface area contributed by atoms with Crippen LogP contribution in [0.2, 0.25) is 0 Å². The molecular weight excluding hydrogens is 380 g/mol. The molecule has 0 amide bonds. The summed E-state index contributed by atoms with van der Waals surface area (Å²) in [5.74, 6) is -1.11. The Bertz CT molecular complexity index is 596. The number of allylic oxidation sites excluding steroid dienone is 3. The maximum Gasteiger partial charge on any atom is 0.256 e. The Morgan fingerprint density at radius 3 is 2.62 bits per heavy atom. The summed E-state index contributed by atoms with van der Waals surface area (Å²) in [5, 5.41) is 9.88. The number of phenols is 1. The van der Waals surface area contributed by atoms with Gasteiger partial charge in [0.05, 0.1) is 18.1 Å². The van der Waals surface area contributed by atoms with E-state index in [9.17, 15) is 18.3 Å². The van der Waals surface area contributed by atoms with E-state index < -0.39 is 18.8 Å². The van der Waals surface area contributed by atoms with Gasteiger partial charge in [-0.25, -0.2) is 13.2 Å². The number of alkyl halides is 2. The van der Waals surface area contributed by atoms with E-state index in [0.717, 1.165) is 11.0 Å². The van der Waals surface area contributed by atoms with Crippen LogP contribution in [0, 0.1) is 11.9 Å². The van der Waals surface area contributed by atoms with Gasteiger partial charge in [0.2, 0.25) is 0 Å². The minimum atomic E-state index is -2.68. The van der Waals surface area contributed by atoms with Crippen LogP contribution in [0.1, 0.15) is 5.56 Å². The van der Waals surface area contributed by atoms with E-state index in [1.54, 1.807) is 0 Å². The van der Waals surface area contributed by atoms with Gasteiger partial charge in [0.1, 0.15) is 0 Å². The Balaban J connectivity index is 0.00000220. The van der Waals surface area contributed by atoms with Crippen LogP contribution in [0.5, 0.6) is 5.75 Å². The molecule has 2 nitrogen and oxygen atoms in total. The summed E-state index contributed by atoms with van der Waals surface area (Å²) in [7, 11) is 0. The second-order valence-electron chi connectivity index (χ2n) is 4.07. The van der Waals surface area contributed by atoms with Crippen molar-refractivity contribution in [2.75, 3.05) is 6.54 Å². The normalized spacial score (nSPS) is 14.7. The summed E-state index contributed by atoms with van der Waals surface area (Å²) in [6.45, 7) is 2.87. The first-order valence-corrected chi connectivity index (χ1v) is 6.01. The summed E-state index contributed by atoms with van der Waals surface area (Å²) < 4.78 is 39.2. The molecule has 0 aromatic heterocycles. The molecule has 2 rings (SSSR count). The molecule has 0 spiro atoms. The number of phenolic OH excluding ortho intramolecular Hbond substituents is 1. The van der Waals surface area contributed by atoms with Crippen molar-refractivity contribution >= 4 is 17.3 Å². The van der Waals surface area contributed by atoms with Crippen LogP contribution >= 0.6 is 11.6 Å². The fraction of sp³-hybridized carbons (Fsp3) is 0.143. The van der Waals surface area contributed by atoms with Gasteiger partial charge >= 0.3 is 0 Å². The van der Waals surface area contributed by atoms with Crippen LogP contribution in [0.4, 0.5) is 13.2 Å². The number of rotatable bonds is 3. The number of nitrogens with zero attached hydrogens (tertiary/aromatic N) is 1. The molecular formula is C14H10ClF3NOY-. The minimum absolute atomic E-state index is 0. The maximum absolute atomic E-state index is 13.9. The Morgan fingerprint density at radius 1 is 1.38 bits per heavy atom. The van der Waals surface area contributed by atoms with Crippen molar-refractivity contribution in [3.8, 4) is 5.75 Å². The largest absolute Gasteiger partial charge is 0.520 e. The zero-order chi connectivity index (χ0) is 14.9. The first-order chi connectivity index (χ1) is 9.41. The zero-order valence-corrected chi connectivity index (χ0v) is 14.4. The van der Waals surface area contributed by atoms with E-state index in [-0.39, 0.29) is 60.4 Å². The first-order valence-electron chi connectivity index (χ1n) is 5.63. The first kappa shape index (κ1) is 18.3. The number of halogens is 4.